The van der Waals surface area contributed by atoms with Crippen LogP contribution >= 0.6 is 0 Å². The van der Waals surface area contributed by atoms with Crippen molar-refractivity contribution in [2.24, 2.45) is 0 Å². The maximum absolute atomic E-state index is 13.3. The number of benzene rings is 2. The van der Waals surface area contributed by atoms with Crippen LogP contribution in [0.2, 0.25) is 0 Å². The monoisotopic (exact) mass is 306 g/mol. The summed E-state index contributed by atoms with van der Waals surface area (Å²) in [6.07, 6.45) is 0. The van der Waals surface area contributed by atoms with E-state index in [2.05, 4.69) is 0 Å². The van der Waals surface area contributed by atoms with E-state index < -0.39 is 22.5 Å². The number of hydrogen-bond acceptors (Lipinski definition) is 3. The number of para-hydroxylation sites is 1. The van der Waals surface area contributed by atoms with Gasteiger partial charge in [0.1, 0.15) is 5.56 Å². The van der Waals surface area contributed by atoms with E-state index in [1.807, 2.05) is 0 Å². The third kappa shape index (κ3) is 2.93. The molecule has 0 unspecified atom stereocenters. The van der Waals surface area contributed by atoms with Gasteiger partial charge in [-0.2, -0.15) is 0 Å². The molecule has 2 aromatic rings. The van der Waals surface area contributed by atoms with Crippen LogP contribution in [0.25, 0.3) is 0 Å². The average molecular weight is 306 g/mol. The van der Waals surface area contributed by atoms with Crippen LogP contribution in [0, 0.1) is 21.7 Å². The molecule has 0 aliphatic rings. The van der Waals surface area contributed by atoms with Crippen LogP contribution in [0.15, 0.2) is 42.5 Å². The van der Waals surface area contributed by atoms with Crippen molar-refractivity contribution in [1.29, 1.82) is 0 Å². The summed E-state index contributed by atoms with van der Waals surface area (Å²) in [5, 5.41) is 11.0. The Balaban J connectivity index is 2.45. The van der Waals surface area contributed by atoms with Gasteiger partial charge >= 0.3 is 0 Å². The highest BCUT2D eigenvalue weighted by Crippen LogP contribution is 2.24. The van der Waals surface area contributed by atoms with E-state index in [1.54, 1.807) is 6.92 Å². The summed E-state index contributed by atoms with van der Waals surface area (Å²) >= 11 is 0. The quantitative estimate of drug-likeness (QED) is 0.641. The molecular formula is C15H12F2N2O3. The molecule has 2 rings (SSSR count). The predicted octanol–water partition coefficient (Wildman–Crippen LogP) is 3.54. The first-order chi connectivity index (χ1) is 10.5. The summed E-state index contributed by atoms with van der Waals surface area (Å²) in [5.41, 5.74) is -0.322. The Bertz CT molecular complexity index is 734. The average Bonchev–Trinajstić information content (AvgIpc) is 2.51. The Kier molecular flexibility index (Phi) is 4.45. The van der Waals surface area contributed by atoms with E-state index in [0.717, 1.165) is 17.0 Å². The zero-order valence-corrected chi connectivity index (χ0v) is 11.6. The third-order valence-corrected chi connectivity index (χ3v) is 3.11. The fourth-order valence-corrected chi connectivity index (χ4v) is 2.06. The van der Waals surface area contributed by atoms with Crippen molar-refractivity contribution in [2.75, 3.05) is 11.4 Å². The van der Waals surface area contributed by atoms with E-state index in [-0.39, 0.29) is 23.5 Å². The Morgan fingerprint density at radius 2 is 1.86 bits per heavy atom. The fraction of sp³-hybridized carbons (Fsp3) is 0.133. The first-order valence-electron chi connectivity index (χ1n) is 6.46. The number of nitro benzene ring substituents is 1. The van der Waals surface area contributed by atoms with Gasteiger partial charge in [-0.1, -0.05) is 12.1 Å². The zero-order chi connectivity index (χ0) is 16.3. The van der Waals surface area contributed by atoms with Gasteiger partial charge in [-0.25, -0.2) is 8.78 Å². The van der Waals surface area contributed by atoms with Crippen molar-refractivity contribution in [2.45, 2.75) is 6.92 Å². The molecule has 0 aromatic heterocycles. The fourth-order valence-electron chi connectivity index (χ4n) is 2.06. The van der Waals surface area contributed by atoms with Crippen LogP contribution in [0.5, 0.6) is 0 Å². The second kappa shape index (κ2) is 6.30. The molecule has 0 fully saturated rings. The number of nitro groups is 1. The number of carbonyl (C=O) groups excluding carboxylic acids is 1. The molecule has 5 nitrogen and oxygen atoms in total. The van der Waals surface area contributed by atoms with Gasteiger partial charge in [0.05, 0.1) is 4.92 Å². The number of anilines is 1. The van der Waals surface area contributed by atoms with E-state index in [4.69, 9.17) is 0 Å². The van der Waals surface area contributed by atoms with Crippen molar-refractivity contribution in [3.63, 3.8) is 0 Å². The minimum atomic E-state index is -1.09. The van der Waals surface area contributed by atoms with Crippen LogP contribution in [0.4, 0.5) is 20.2 Å². The van der Waals surface area contributed by atoms with Crippen molar-refractivity contribution >= 4 is 17.3 Å². The second-order valence-corrected chi connectivity index (χ2v) is 4.42. The molecule has 0 saturated carbocycles. The van der Waals surface area contributed by atoms with E-state index >= 15 is 0 Å². The van der Waals surface area contributed by atoms with Gasteiger partial charge in [0.25, 0.3) is 11.6 Å². The SMILES string of the molecule is CCN(C(=O)c1ccccc1[N+](=O)[O-])c1ccc(F)c(F)c1. The normalized spacial score (nSPS) is 10.3. The number of carbonyl (C=O) groups is 1. The molecule has 2 aromatic carbocycles. The first kappa shape index (κ1) is 15.6. The van der Waals surface area contributed by atoms with Gasteiger partial charge < -0.3 is 4.90 Å². The lowest BCUT2D eigenvalue weighted by molar-refractivity contribution is -0.385. The molecular weight excluding hydrogens is 294 g/mol. The molecule has 7 heteroatoms. The first-order valence-corrected chi connectivity index (χ1v) is 6.46. The summed E-state index contributed by atoms with van der Waals surface area (Å²) < 4.78 is 26.3. The van der Waals surface area contributed by atoms with E-state index in [1.165, 1.54) is 30.3 Å². The maximum Gasteiger partial charge on any atom is 0.282 e. The molecule has 0 aliphatic carbocycles. The smallest absolute Gasteiger partial charge is 0.282 e. The Labute approximate surface area is 124 Å². The van der Waals surface area contributed by atoms with Crippen molar-refractivity contribution in [3.8, 4) is 0 Å². The Morgan fingerprint density at radius 1 is 1.18 bits per heavy atom. The Morgan fingerprint density at radius 3 is 2.45 bits per heavy atom. The van der Waals surface area contributed by atoms with Crippen LogP contribution < -0.4 is 4.90 Å². The number of hydrogen-bond donors (Lipinski definition) is 0. The van der Waals surface area contributed by atoms with Gasteiger partial charge in [0.2, 0.25) is 0 Å². The molecule has 0 radical (unpaired) electrons. The minimum absolute atomic E-state index is 0.112. The highest BCUT2D eigenvalue weighted by molar-refractivity contribution is 6.08. The molecule has 0 saturated heterocycles. The summed E-state index contributed by atoms with van der Waals surface area (Å²) in [6.45, 7) is 1.78. The predicted molar refractivity (Wildman–Crippen MR) is 76.8 cm³/mol. The van der Waals surface area contributed by atoms with Crippen LogP contribution in [0.1, 0.15) is 17.3 Å². The van der Waals surface area contributed by atoms with E-state index in [0.29, 0.717) is 0 Å². The molecule has 22 heavy (non-hydrogen) atoms. The molecule has 1 amide bonds. The van der Waals surface area contributed by atoms with Gasteiger partial charge in [0.15, 0.2) is 11.6 Å². The van der Waals surface area contributed by atoms with Gasteiger partial charge in [-0.15, -0.1) is 0 Å². The third-order valence-electron chi connectivity index (χ3n) is 3.11. The lowest BCUT2D eigenvalue weighted by atomic mass is 10.1. The second-order valence-electron chi connectivity index (χ2n) is 4.42. The molecule has 0 bridgehead atoms. The van der Waals surface area contributed by atoms with Crippen LogP contribution in [-0.4, -0.2) is 17.4 Å². The van der Waals surface area contributed by atoms with Crippen molar-refractivity contribution < 1.29 is 18.5 Å². The topological polar surface area (TPSA) is 63.5 Å². The number of nitrogens with zero attached hydrogens (tertiary/aromatic N) is 2. The molecule has 0 aliphatic heterocycles. The van der Waals surface area contributed by atoms with Crippen LogP contribution in [-0.2, 0) is 0 Å². The van der Waals surface area contributed by atoms with Gasteiger partial charge in [-0.05, 0) is 25.1 Å². The van der Waals surface area contributed by atoms with Crippen molar-refractivity contribution in [3.05, 3.63) is 69.8 Å². The van der Waals surface area contributed by atoms with Crippen LogP contribution in [0.3, 0.4) is 0 Å². The molecule has 0 N–H and O–H groups in total. The van der Waals surface area contributed by atoms with E-state index in [9.17, 15) is 23.7 Å². The molecule has 0 spiro atoms. The molecule has 114 valence electrons. The summed E-state index contributed by atoms with van der Waals surface area (Å²) in [7, 11) is 0. The highest BCUT2D eigenvalue weighted by atomic mass is 19.2. The summed E-state index contributed by atoms with van der Waals surface area (Å²) in [4.78, 5) is 24.0. The van der Waals surface area contributed by atoms with Crippen molar-refractivity contribution in [1.82, 2.24) is 0 Å². The molecule has 0 heterocycles. The van der Waals surface area contributed by atoms with Gasteiger partial charge in [0, 0.05) is 24.4 Å². The lowest BCUT2D eigenvalue weighted by Crippen LogP contribution is -2.31. The number of amides is 1. The zero-order valence-electron chi connectivity index (χ0n) is 11.6. The largest absolute Gasteiger partial charge is 0.308 e. The highest BCUT2D eigenvalue weighted by Gasteiger charge is 2.24. The Hall–Kier alpha value is -2.83. The lowest BCUT2D eigenvalue weighted by Gasteiger charge is -2.21. The maximum atomic E-state index is 13.3. The number of rotatable bonds is 4. The standard InChI is InChI=1S/C15H12F2N2O3/c1-2-18(10-7-8-12(16)13(17)9-10)15(20)11-5-3-4-6-14(11)19(21)22/h3-9H,2H2,1H3. The minimum Gasteiger partial charge on any atom is -0.308 e. The summed E-state index contributed by atoms with van der Waals surface area (Å²) in [6, 6.07) is 8.51. The number of halogens is 2. The summed E-state index contributed by atoms with van der Waals surface area (Å²) in [5.74, 6) is -2.77. The molecule has 0 atom stereocenters. The van der Waals surface area contributed by atoms with Gasteiger partial charge in [-0.3, -0.25) is 14.9 Å².